The van der Waals surface area contributed by atoms with E-state index in [4.69, 9.17) is 0 Å². The molecule has 2 rings (SSSR count). The van der Waals surface area contributed by atoms with Gasteiger partial charge in [-0.05, 0) is 43.9 Å². The van der Waals surface area contributed by atoms with Crippen LogP contribution in [0.15, 0.2) is 29.4 Å². The number of nitrogens with one attached hydrogen (secondary N) is 1. The Balaban J connectivity index is 2.06. The minimum atomic E-state index is 0.676. The Kier molecular flexibility index (Phi) is 4.15. The van der Waals surface area contributed by atoms with Gasteiger partial charge in [-0.25, -0.2) is 15.0 Å². The molecule has 94 valence electrons. The molecule has 5 heteroatoms. The fourth-order valence-corrected chi connectivity index (χ4v) is 2.09. The minimum absolute atomic E-state index is 0.676. The van der Waals surface area contributed by atoms with Crippen molar-refractivity contribution in [1.82, 2.24) is 15.0 Å². The third kappa shape index (κ3) is 3.43. The quantitative estimate of drug-likeness (QED) is 0.857. The number of hydrogen-bond donors (Lipinski definition) is 1. The van der Waals surface area contributed by atoms with Gasteiger partial charge in [0.25, 0.3) is 0 Å². The molecule has 0 aliphatic carbocycles. The van der Waals surface area contributed by atoms with Crippen LogP contribution in [-0.2, 0) is 6.54 Å². The second kappa shape index (κ2) is 5.82. The van der Waals surface area contributed by atoms with Gasteiger partial charge in [0.05, 0.1) is 5.03 Å². The zero-order valence-electron chi connectivity index (χ0n) is 10.8. The number of anilines is 1. The molecule has 2 aromatic rings. The molecule has 2 heterocycles. The standard InChI is InChI=1S/C13H16N4S/c1-9-6-10(2)17-13(16-9)15-8-11-4-5-14-12(7-11)18-3/h4-7H,8H2,1-3H3,(H,15,16,17). The van der Waals surface area contributed by atoms with Crippen LogP contribution in [0.1, 0.15) is 17.0 Å². The molecule has 0 spiro atoms. The summed E-state index contributed by atoms with van der Waals surface area (Å²) in [5.41, 5.74) is 3.13. The van der Waals surface area contributed by atoms with Crippen molar-refractivity contribution >= 4 is 17.7 Å². The van der Waals surface area contributed by atoms with Crippen molar-refractivity contribution in [2.75, 3.05) is 11.6 Å². The van der Waals surface area contributed by atoms with Gasteiger partial charge in [0.2, 0.25) is 5.95 Å². The van der Waals surface area contributed by atoms with Crippen LogP contribution >= 0.6 is 11.8 Å². The predicted molar refractivity (Wildman–Crippen MR) is 74.9 cm³/mol. The molecule has 0 aliphatic rings. The summed E-state index contributed by atoms with van der Waals surface area (Å²) in [6.07, 6.45) is 3.85. The van der Waals surface area contributed by atoms with Crippen LogP contribution in [0.2, 0.25) is 0 Å². The Morgan fingerprint density at radius 2 is 1.89 bits per heavy atom. The summed E-state index contributed by atoms with van der Waals surface area (Å²) in [6.45, 7) is 4.65. The molecule has 0 unspecified atom stereocenters. The first-order valence-electron chi connectivity index (χ1n) is 5.72. The zero-order chi connectivity index (χ0) is 13.0. The van der Waals surface area contributed by atoms with Crippen molar-refractivity contribution < 1.29 is 0 Å². The average molecular weight is 260 g/mol. The van der Waals surface area contributed by atoms with E-state index < -0.39 is 0 Å². The highest BCUT2D eigenvalue weighted by Gasteiger charge is 2.00. The van der Waals surface area contributed by atoms with Gasteiger partial charge in [0.15, 0.2) is 0 Å². The van der Waals surface area contributed by atoms with Crippen LogP contribution in [0.25, 0.3) is 0 Å². The average Bonchev–Trinajstić information content (AvgIpc) is 2.35. The number of hydrogen-bond acceptors (Lipinski definition) is 5. The van der Waals surface area contributed by atoms with E-state index in [9.17, 15) is 0 Å². The van der Waals surface area contributed by atoms with Crippen LogP contribution in [0.3, 0.4) is 0 Å². The summed E-state index contributed by atoms with van der Waals surface area (Å²) in [7, 11) is 0. The Hall–Kier alpha value is -1.62. The SMILES string of the molecule is CSc1cc(CNc2nc(C)cc(C)n2)ccn1. The Morgan fingerprint density at radius 3 is 2.56 bits per heavy atom. The second-order valence-electron chi connectivity index (χ2n) is 4.03. The lowest BCUT2D eigenvalue weighted by Gasteiger charge is -2.07. The molecule has 2 aromatic heterocycles. The molecule has 0 fully saturated rings. The third-order valence-electron chi connectivity index (χ3n) is 2.44. The number of rotatable bonds is 4. The molecule has 0 radical (unpaired) electrons. The predicted octanol–water partition coefficient (Wildman–Crippen LogP) is 2.82. The maximum absolute atomic E-state index is 4.35. The van der Waals surface area contributed by atoms with Gasteiger partial charge in [-0.15, -0.1) is 11.8 Å². The summed E-state index contributed by atoms with van der Waals surface area (Å²) in [6, 6.07) is 6.03. The normalized spacial score (nSPS) is 10.4. The van der Waals surface area contributed by atoms with Gasteiger partial charge in [0.1, 0.15) is 0 Å². The molecule has 4 nitrogen and oxygen atoms in total. The largest absolute Gasteiger partial charge is 0.350 e. The molecule has 0 aliphatic heterocycles. The van der Waals surface area contributed by atoms with Gasteiger partial charge >= 0.3 is 0 Å². The first-order valence-corrected chi connectivity index (χ1v) is 6.95. The molecule has 18 heavy (non-hydrogen) atoms. The molecular formula is C13H16N4S. The summed E-state index contributed by atoms with van der Waals surface area (Å²) >= 11 is 1.64. The molecule has 0 bridgehead atoms. The number of aryl methyl sites for hydroxylation is 2. The van der Waals surface area contributed by atoms with Crippen molar-refractivity contribution in [3.05, 3.63) is 41.3 Å². The van der Waals surface area contributed by atoms with Crippen molar-refractivity contribution in [2.24, 2.45) is 0 Å². The Labute approximate surface area is 111 Å². The Bertz CT molecular complexity index is 522. The van der Waals surface area contributed by atoms with E-state index in [1.165, 1.54) is 5.56 Å². The number of aromatic nitrogens is 3. The lowest BCUT2D eigenvalue weighted by atomic mass is 10.3. The highest BCUT2D eigenvalue weighted by molar-refractivity contribution is 7.98. The summed E-state index contributed by atoms with van der Waals surface area (Å²) in [4.78, 5) is 12.9. The maximum Gasteiger partial charge on any atom is 0.223 e. The topological polar surface area (TPSA) is 50.7 Å². The number of thioether (sulfide) groups is 1. The van der Waals surface area contributed by atoms with Crippen molar-refractivity contribution in [3.63, 3.8) is 0 Å². The molecule has 0 atom stereocenters. The summed E-state index contributed by atoms with van der Waals surface area (Å²) in [5.74, 6) is 0.676. The van der Waals surface area contributed by atoms with E-state index in [-0.39, 0.29) is 0 Å². The van der Waals surface area contributed by atoms with Gasteiger partial charge in [0, 0.05) is 24.1 Å². The third-order valence-corrected chi connectivity index (χ3v) is 3.08. The van der Waals surface area contributed by atoms with E-state index in [0.717, 1.165) is 16.4 Å². The van der Waals surface area contributed by atoms with Crippen LogP contribution in [0.5, 0.6) is 0 Å². The minimum Gasteiger partial charge on any atom is -0.350 e. The Morgan fingerprint density at radius 1 is 1.17 bits per heavy atom. The van der Waals surface area contributed by atoms with Crippen LogP contribution in [-0.4, -0.2) is 21.2 Å². The summed E-state index contributed by atoms with van der Waals surface area (Å²) in [5, 5.41) is 4.26. The van der Waals surface area contributed by atoms with Crippen LogP contribution in [0.4, 0.5) is 5.95 Å². The van der Waals surface area contributed by atoms with E-state index >= 15 is 0 Å². The maximum atomic E-state index is 4.35. The van der Waals surface area contributed by atoms with Crippen LogP contribution in [0, 0.1) is 13.8 Å². The van der Waals surface area contributed by atoms with Gasteiger partial charge < -0.3 is 5.32 Å². The van der Waals surface area contributed by atoms with Gasteiger partial charge in [-0.1, -0.05) is 0 Å². The van der Waals surface area contributed by atoms with E-state index in [1.54, 1.807) is 11.8 Å². The second-order valence-corrected chi connectivity index (χ2v) is 4.86. The lowest BCUT2D eigenvalue weighted by molar-refractivity contribution is 0.990. The van der Waals surface area contributed by atoms with Crippen molar-refractivity contribution in [2.45, 2.75) is 25.4 Å². The number of nitrogens with zero attached hydrogens (tertiary/aromatic N) is 3. The molecule has 1 N–H and O–H groups in total. The van der Waals surface area contributed by atoms with Crippen molar-refractivity contribution in [3.8, 4) is 0 Å². The molecule has 0 saturated heterocycles. The fourth-order valence-electron chi connectivity index (χ4n) is 1.66. The molecule has 0 saturated carbocycles. The van der Waals surface area contributed by atoms with E-state index in [0.29, 0.717) is 12.5 Å². The molecule has 0 amide bonds. The van der Waals surface area contributed by atoms with Crippen molar-refractivity contribution in [1.29, 1.82) is 0 Å². The lowest BCUT2D eigenvalue weighted by Crippen LogP contribution is -2.05. The van der Waals surface area contributed by atoms with Crippen LogP contribution < -0.4 is 5.32 Å². The first kappa shape index (κ1) is 12.8. The summed E-state index contributed by atoms with van der Waals surface area (Å²) < 4.78 is 0. The fraction of sp³-hybridized carbons (Fsp3) is 0.308. The monoisotopic (exact) mass is 260 g/mol. The smallest absolute Gasteiger partial charge is 0.223 e. The van der Waals surface area contributed by atoms with Gasteiger partial charge in [-0.3, -0.25) is 0 Å². The van der Waals surface area contributed by atoms with E-state index in [2.05, 4.69) is 26.3 Å². The zero-order valence-corrected chi connectivity index (χ0v) is 11.6. The first-order chi connectivity index (χ1) is 8.67. The highest BCUT2D eigenvalue weighted by Crippen LogP contribution is 2.13. The van der Waals surface area contributed by atoms with E-state index in [1.807, 2.05) is 38.4 Å². The molecule has 0 aromatic carbocycles. The number of pyridine rings is 1. The highest BCUT2D eigenvalue weighted by atomic mass is 32.2. The molecular weight excluding hydrogens is 244 g/mol. The van der Waals surface area contributed by atoms with Gasteiger partial charge in [-0.2, -0.15) is 0 Å².